The van der Waals surface area contributed by atoms with Crippen molar-refractivity contribution in [1.29, 1.82) is 0 Å². The Morgan fingerprint density at radius 3 is 2.43 bits per heavy atom. The molecule has 0 spiro atoms. The number of hydrogen-bond acceptors (Lipinski definition) is 7. The molecule has 2 atom stereocenters. The number of urea groups is 1. The zero-order chi connectivity index (χ0) is 30.2. The molecule has 4 N–H and O–H groups in total. The number of anilines is 2. The van der Waals surface area contributed by atoms with Crippen molar-refractivity contribution < 1.29 is 29.3 Å². The smallest absolute Gasteiger partial charge is 0.334 e. The minimum absolute atomic E-state index is 0.0594. The number of rotatable bonds is 11. The van der Waals surface area contributed by atoms with Crippen molar-refractivity contribution in [3.8, 4) is 5.75 Å². The average molecular weight is 578 g/mol. The maximum absolute atomic E-state index is 12.6. The summed E-state index contributed by atoms with van der Waals surface area (Å²) in [6.45, 7) is 8.43. The molecule has 0 saturated carbocycles. The average Bonchev–Trinajstić information content (AvgIpc) is 2.96. The standard InChI is InChI=1S/C31H39N5O6/c1-20-26(29(37)38)28(27(30(39)40)21(2)33-20)22-9-8-10-23(19-22)34-31(41)32-13-6-7-14-35-15-17-36(18-16-35)24-11-4-5-12-25(24)42-3/h4-5,8-12,19,26,28H,6-7,13-18H2,1-3H3,(H,37,38)(H,39,40)(H2,32,34,41). The first-order valence-electron chi connectivity index (χ1n) is 14.2. The minimum atomic E-state index is -1.21. The lowest BCUT2D eigenvalue weighted by atomic mass is 9.75. The first-order valence-corrected chi connectivity index (χ1v) is 14.2. The number of hydrogen-bond donors (Lipinski definition) is 4. The Morgan fingerprint density at radius 1 is 1.00 bits per heavy atom. The number of carbonyl (C=O) groups is 3. The molecule has 2 amide bonds. The molecule has 2 aliphatic heterocycles. The second-order valence-electron chi connectivity index (χ2n) is 10.6. The van der Waals surface area contributed by atoms with Gasteiger partial charge >= 0.3 is 18.0 Å². The maximum Gasteiger partial charge on any atom is 0.334 e. The Hall–Kier alpha value is -4.38. The molecule has 2 aromatic rings. The normalized spacial score (nSPS) is 19.2. The van der Waals surface area contributed by atoms with Crippen LogP contribution in [0, 0.1) is 5.92 Å². The zero-order valence-electron chi connectivity index (χ0n) is 24.3. The van der Waals surface area contributed by atoms with Gasteiger partial charge in [-0.2, -0.15) is 0 Å². The number of carbonyl (C=O) groups excluding carboxylic acids is 1. The van der Waals surface area contributed by atoms with Gasteiger partial charge in [-0.15, -0.1) is 0 Å². The van der Waals surface area contributed by atoms with Crippen LogP contribution in [-0.4, -0.2) is 85.2 Å². The van der Waals surface area contributed by atoms with Gasteiger partial charge in [-0.05, 0) is 63.1 Å². The van der Waals surface area contributed by atoms with Crippen LogP contribution in [0.5, 0.6) is 5.75 Å². The Kier molecular flexibility index (Phi) is 10.2. The van der Waals surface area contributed by atoms with Gasteiger partial charge in [0.15, 0.2) is 0 Å². The molecule has 1 saturated heterocycles. The van der Waals surface area contributed by atoms with Crippen molar-refractivity contribution in [3.05, 3.63) is 65.4 Å². The highest BCUT2D eigenvalue weighted by atomic mass is 16.5. The fourth-order valence-corrected chi connectivity index (χ4v) is 5.75. The highest BCUT2D eigenvalue weighted by Gasteiger charge is 2.41. The topological polar surface area (TPSA) is 144 Å². The van der Waals surface area contributed by atoms with Crippen LogP contribution >= 0.6 is 0 Å². The largest absolute Gasteiger partial charge is 0.495 e. The quantitative estimate of drug-likeness (QED) is 0.293. The Bertz CT molecular complexity index is 1370. The van der Waals surface area contributed by atoms with Crippen molar-refractivity contribution in [2.45, 2.75) is 32.6 Å². The van der Waals surface area contributed by atoms with Gasteiger partial charge in [-0.3, -0.25) is 14.7 Å². The third-order valence-electron chi connectivity index (χ3n) is 7.81. The molecular weight excluding hydrogens is 538 g/mol. The number of nitrogens with one attached hydrogen (secondary N) is 2. The summed E-state index contributed by atoms with van der Waals surface area (Å²) in [5.41, 5.74) is 2.61. The third-order valence-corrected chi connectivity index (χ3v) is 7.81. The number of allylic oxidation sites excluding steroid dienone is 1. The Balaban J connectivity index is 1.24. The lowest BCUT2D eigenvalue weighted by molar-refractivity contribution is -0.140. The first kappa shape index (κ1) is 30.6. The number of carboxylic acid groups (broad SMARTS) is 2. The van der Waals surface area contributed by atoms with E-state index < -0.39 is 23.8 Å². The first-order chi connectivity index (χ1) is 20.2. The molecule has 0 aliphatic carbocycles. The Morgan fingerprint density at radius 2 is 1.74 bits per heavy atom. The molecule has 2 heterocycles. The Labute approximate surface area is 245 Å². The van der Waals surface area contributed by atoms with Gasteiger partial charge < -0.3 is 30.5 Å². The van der Waals surface area contributed by atoms with Crippen molar-refractivity contribution in [3.63, 3.8) is 0 Å². The van der Waals surface area contributed by atoms with Gasteiger partial charge in [-0.25, -0.2) is 9.59 Å². The molecule has 11 nitrogen and oxygen atoms in total. The summed E-state index contributed by atoms with van der Waals surface area (Å²) in [4.78, 5) is 45.6. The van der Waals surface area contributed by atoms with E-state index in [2.05, 4.69) is 31.5 Å². The number of aliphatic imine (C=N–C) groups is 1. The highest BCUT2D eigenvalue weighted by molar-refractivity contribution is 6.06. The molecule has 4 rings (SSSR count). The molecule has 0 radical (unpaired) electrons. The SMILES string of the molecule is COc1ccccc1N1CCN(CCCCNC(=O)Nc2cccc(C3C(C(=O)O)=C(C)N=C(C)C3C(=O)O)c2)CC1. The molecule has 1 fully saturated rings. The number of unbranched alkanes of at least 4 members (excludes halogenated alkanes) is 1. The number of ether oxygens (including phenoxy) is 1. The van der Waals surface area contributed by atoms with Gasteiger partial charge in [-0.1, -0.05) is 24.3 Å². The van der Waals surface area contributed by atoms with Crippen LogP contribution in [0.25, 0.3) is 0 Å². The van der Waals surface area contributed by atoms with E-state index in [-0.39, 0.29) is 17.3 Å². The molecule has 42 heavy (non-hydrogen) atoms. The van der Waals surface area contributed by atoms with Crippen molar-refractivity contribution in [2.75, 3.05) is 56.6 Å². The van der Waals surface area contributed by atoms with Crippen molar-refractivity contribution >= 4 is 35.1 Å². The number of aliphatic carboxylic acids is 2. The lowest BCUT2D eigenvalue weighted by Gasteiger charge is -2.36. The number of benzene rings is 2. The highest BCUT2D eigenvalue weighted by Crippen LogP contribution is 2.39. The van der Waals surface area contributed by atoms with E-state index in [1.54, 1.807) is 45.2 Å². The van der Waals surface area contributed by atoms with Crippen LogP contribution in [0.4, 0.5) is 16.2 Å². The predicted molar refractivity (Wildman–Crippen MR) is 162 cm³/mol. The molecular formula is C31H39N5O6. The number of methoxy groups -OCH3 is 1. The van der Waals surface area contributed by atoms with E-state index in [0.717, 1.165) is 57.0 Å². The summed E-state index contributed by atoms with van der Waals surface area (Å²) >= 11 is 0. The van der Waals surface area contributed by atoms with Gasteiger partial charge in [0.2, 0.25) is 0 Å². The van der Waals surface area contributed by atoms with Crippen molar-refractivity contribution in [1.82, 2.24) is 10.2 Å². The lowest BCUT2D eigenvalue weighted by Crippen LogP contribution is -2.46. The number of carboxylic acids is 2. The van der Waals surface area contributed by atoms with Gasteiger partial charge in [0.25, 0.3) is 0 Å². The molecule has 2 aromatic carbocycles. The zero-order valence-corrected chi connectivity index (χ0v) is 24.3. The second kappa shape index (κ2) is 14.0. The minimum Gasteiger partial charge on any atom is -0.495 e. The van der Waals surface area contributed by atoms with E-state index in [9.17, 15) is 24.6 Å². The van der Waals surface area contributed by atoms with Gasteiger partial charge in [0.1, 0.15) is 11.7 Å². The molecule has 224 valence electrons. The molecule has 0 bridgehead atoms. The van der Waals surface area contributed by atoms with E-state index in [0.29, 0.717) is 23.5 Å². The fraction of sp³-hybridized carbons (Fsp3) is 0.419. The van der Waals surface area contributed by atoms with Crippen LogP contribution in [0.1, 0.15) is 38.2 Å². The summed E-state index contributed by atoms with van der Waals surface area (Å²) in [6.07, 6.45) is 1.78. The predicted octanol–water partition coefficient (Wildman–Crippen LogP) is 4.04. The van der Waals surface area contributed by atoms with Crippen LogP contribution in [0.3, 0.4) is 0 Å². The summed E-state index contributed by atoms with van der Waals surface area (Å²) in [5, 5.41) is 25.3. The number of piperazine rings is 1. The summed E-state index contributed by atoms with van der Waals surface area (Å²) in [7, 11) is 1.69. The maximum atomic E-state index is 12.6. The fourth-order valence-electron chi connectivity index (χ4n) is 5.75. The van der Waals surface area contributed by atoms with Gasteiger partial charge in [0, 0.05) is 55.7 Å². The number of nitrogens with zero attached hydrogens (tertiary/aromatic N) is 3. The summed E-state index contributed by atoms with van der Waals surface area (Å²) < 4.78 is 5.50. The third kappa shape index (κ3) is 7.27. The van der Waals surface area contributed by atoms with Gasteiger partial charge in [0.05, 0.1) is 18.4 Å². The van der Waals surface area contributed by atoms with E-state index in [4.69, 9.17) is 4.74 Å². The van der Waals surface area contributed by atoms with Crippen LogP contribution in [0.15, 0.2) is 64.8 Å². The second-order valence-corrected chi connectivity index (χ2v) is 10.6. The van der Waals surface area contributed by atoms with Crippen LogP contribution in [0.2, 0.25) is 0 Å². The molecule has 2 aliphatic rings. The summed E-state index contributed by atoms with van der Waals surface area (Å²) in [6, 6.07) is 14.4. The van der Waals surface area contributed by atoms with Crippen LogP contribution in [-0.2, 0) is 9.59 Å². The molecule has 0 aromatic heterocycles. The monoisotopic (exact) mass is 577 g/mol. The van der Waals surface area contributed by atoms with Crippen LogP contribution < -0.4 is 20.3 Å². The van der Waals surface area contributed by atoms with E-state index >= 15 is 0 Å². The van der Waals surface area contributed by atoms with E-state index in [1.807, 2.05) is 18.2 Å². The number of amides is 2. The van der Waals surface area contributed by atoms with E-state index in [1.165, 1.54) is 0 Å². The molecule has 11 heteroatoms. The van der Waals surface area contributed by atoms with Crippen molar-refractivity contribution in [2.24, 2.45) is 10.9 Å². The molecule has 2 unspecified atom stereocenters. The summed E-state index contributed by atoms with van der Waals surface area (Å²) in [5.74, 6) is -3.52. The number of para-hydroxylation sites is 2.